The maximum atomic E-state index is 15.2. The molecular formula is C33H46FN5O4. The zero-order chi connectivity index (χ0) is 30.6. The van der Waals surface area contributed by atoms with Crippen molar-refractivity contribution < 1.29 is 23.6 Å². The number of hydrogen-bond acceptors (Lipinski definition) is 4. The number of nitrogens with zero attached hydrogens (tertiary/aromatic N) is 3. The second-order valence-corrected chi connectivity index (χ2v) is 15.0. The minimum absolute atomic E-state index is 0.0154. The van der Waals surface area contributed by atoms with Crippen LogP contribution in [0.15, 0.2) is 18.2 Å². The van der Waals surface area contributed by atoms with Gasteiger partial charge in [-0.2, -0.15) is 0 Å². The molecule has 0 spiro atoms. The third-order valence-electron chi connectivity index (χ3n) is 10.8. The first-order valence-electron chi connectivity index (χ1n) is 16.1. The first-order valence-corrected chi connectivity index (χ1v) is 16.1. The van der Waals surface area contributed by atoms with Crippen molar-refractivity contribution in [2.24, 2.45) is 22.7 Å². The van der Waals surface area contributed by atoms with Gasteiger partial charge in [-0.3, -0.25) is 14.4 Å². The lowest BCUT2D eigenvalue weighted by Crippen LogP contribution is -2.65. The maximum absolute atomic E-state index is 15.2. The van der Waals surface area contributed by atoms with Gasteiger partial charge in [0.15, 0.2) is 0 Å². The Bertz CT molecular complexity index is 1300. The third kappa shape index (κ3) is 6.11. The molecule has 5 atom stereocenters. The number of hydrogen-bond donors (Lipinski definition) is 2. The number of likely N-dealkylation sites (tertiary alicyclic amines) is 1. The van der Waals surface area contributed by atoms with Crippen molar-refractivity contribution in [1.29, 1.82) is 0 Å². The van der Waals surface area contributed by atoms with Gasteiger partial charge in [0.05, 0.1) is 11.6 Å². The predicted molar refractivity (Wildman–Crippen MR) is 161 cm³/mol. The van der Waals surface area contributed by atoms with Crippen molar-refractivity contribution in [1.82, 2.24) is 20.0 Å². The van der Waals surface area contributed by atoms with Crippen LogP contribution in [0.3, 0.4) is 0 Å². The minimum Gasteiger partial charge on any atom is -0.341 e. The number of urea groups is 1. The van der Waals surface area contributed by atoms with Crippen molar-refractivity contribution >= 4 is 29.4 Å². The average Bonchev–Trinajstić information content (AvgIpc) is 3.18. The van der Waals surface area contributed by atoms with Crippen molar-refractivity contribution in [3.8, 4) is 0 Å². The summed E-state index contributed by atoms with van der Waals surface area (Å²) in [6.45, 7) is 9.29. The highest BCUT2D eigenvalue weighted by molar-refractivity contribution is 5.96. The lowest BCUT2D eigenvalue weighted by Gasteiger charge is -2.65. The van der Waals surface area contributed by atoms with Gasteiger partial charge in [0, 0.05) is 57.3 Å². The summed E-state index contributed by atoms with van der Waals surface area (Å²) in [6.07, 6.45) is 8.68. The SMILES string of the molecule is CC(=O)N1CCCN(C(=O)C2CCCN(C(=O)c3ccc(NC(=O)NC45CC6C[C@@](C)(C4)C[C@](C)(C6)C5)c(F)c3)C2)CC1. The zero-order valence-corrected chi connectivity index (χ0v) is 25.8. The summed E-state index contributed by atoms with van der Waals surface area (Å²) in [5.74, 6) is -0.633. The third-order valence-corrected chi connectivity index (χ3v) is 10.8. The van der Waals surface area contributed by atoms with E-state index in [1.807, 2.05) is 4.90 Å². The van der Waals surface area contributed by atoms with Crippen LogP contribution in [-0.2, 0) is 9.59 Å². The van der Waals surface area contributed by atoms with Crippen LogP contribution < -0.4 is 10.6 Å². The van der Waals surface area contributed by atoms with E-state index in [2.05, 4.69) is 24.5 Å². The van der Waals surface area contributed by atoms with Crippen LogP contribution in [0.5, 0.6) is 0 Å². The standard InChI is InChI=1S/C33H46FN5O4/c1-22(40)37-10-5-11-38(13-12-37)29(42)25-6-4-9-39(18-25)28(41)24-7-8-27(26(34)14-24)35-30(43)36-33-17-23-15-31(2,20-33)19-32(3,16-23)21-33/h7-8,14,23,25H,4-6,9-13,15-21H2,1-3H3,(H2,35,36,43)/t23?,25?,31-,32+,33?. The summed E-state index contributed by atoms with van der Waals surface area (Å²) in [5, 5.41) is 5.95. The molecule has 2 heterocycles. The summed E-state index contributed by atoms with van der Waals surface area (Å²) in [6, 6.07) is 3.78. The number of amides is 5. The van der Waals surface area contributed by atoms with E-state index in [0.29, 0.717) is 51.5 Å². The molecule has 0 aromatic heterocycles. The molecule has 5 amide bonds. The van der Waals surface area contributed by atoms with Gasteiger partial charge in [-0.25, -0.2) is 9.18 Å². The number of carbonyl (C=O) groups is 4. The minimum atomic E-state index is -0.658. The molecule has 1 aromatic rings. The molecule has 2 saturated heterocycles. The molecule has 4 bridgehead atoms. The molecule has 4 saturated carbocycles. The van der Waals surface area contributed by atoms with E-state index in [1.54, 1.807) is 22.8 Å². The summed E-state index contributed by atoms with van der Waals surface area (Å²) in [7, 11) is 0. The Labute approximate surface area is 253 Å². The van der Waals surface area contributed by atoms with Crippen LogP contribution in [0.1, 0.15) is 88.9 Å². The van der Waals surface area contributed by atoms with E-state index in [-0.39, 0.29) is 57.8 Å². The highest BCUT2D eigenvalue weighted by atomic mass is 19.1. The number of carbonyl (C=O) groups excluding carboxylic acids is 4. The summed E-state index contributed by atoms with van der Waals surface area (Å²) in [4.78, 5) is 56.8. The number of piperidine rings is 1. The molecule has 6 fully saturated rings. The number of rotatable bonds is 4. The molecule has 43 heavy (non-hydrogen) atoms. The van der Waals surface area contributed by atoms with Gasteiger partial charge in [0.25, 0.3) is 5.91 Å². The van der Waals surface area contributed by atoms with Gasteiger partial charge in [0.1, 0.15) is 5.82 Å². The molecular weight excluding hydrogens is 549 g/mol. The zero-order valence-electron chi connectivity index (χ0n) is 25.8. The molecule has 2 N–H and O–H groups in total. The van der Waals surface area contributed by atoms with Gasteiger partial charge in [-0.05, 0) is 92.7 Å². The van der Waals surface area contributed by atoms with Crippen LogP contribution in [-0.4, -0.2) is 83.3 Å². The lowest BCUT2D eigenvalue weighted by molar-refractivity contribution is -0.137. The van der Waals surface area contributed by atoms with Crippen molar-refractivity contribution in [3.05, 3.63) is 29.6 Å². The number of nitrogens with one attached hydrogen (secondary N) is 2. The van der Waals surface area contributed by atoms with Crippen molar-refractivity contribution in [2.45, 2.75) is 84.1 Å². The van der Waals surface area contributed by atoms with Gasteiger partial charge in [-0.15, -0.1) is 0 Å². The second kappa shape index (κ2) is 11.1. The molecule has 7 rings (SSSR count). The molecule has 2 aliphatic heterocycles. The largest absolute Gasteiger partial charge is 0.341 e. The fourth-order valence-electron chi connectivity index (χ4n) is 9.99. The van der Waals surface area contributed by atoms with E-state index < -0.39 is 11.8 Å². The molecule has 3 unspecified atom stereocenters. The van der Waals surface area contributed by atoms with E-state index in [4.69, 9.17) is 0 Å². The molecule has 234 valence electrons. The Balaban J connectivity index is 1.06. The first kappa shape index (κ1) is 29.9. The van der Waals surface area contributed by atoms with Crippen LogP contribution in [0.4, 0.5) is 14.9 Å². The van der Waals surface area contributed by atoms with Crippen molar-refractivity contribution in [3.63, 3.8) is 0 Å². The van der Waals surface area contributed by atoms with Crippen LogP contribution >= 0.6 is 0 Å². The summed E-state index contributed by atoms with van der Waals surface area (Å²) >= 11 is 0. The molecule has 9 nitrogen and oxygen atoms in total. The monoisotopic (exact) mass is 595 g/mol. The smallest absolute Gasteiger partial charge is 0.319 e. The van der Waals surface area contributed by atoms with Gasteiger partial charge in [-0.1, -0.05) is 13.8 Å². The van der Waals surface area contributed by atoms with Crippen LogP contribution in [0.25, 0.3) is 0 Å². The number of anilines is 1. The normalized spacial score (nSPS) is 33.6. The topological polar surface area (TPSA) is 102 Å². The van der Waals surface area contributed by atoms with E-state index in [1.165, 1.54) is 31.4 Å². The van der Waals surface area contributed by atoms with Crippen molar-refractivity contribution in [2.75, 3.05) is 44.6 Å². The second-order valence-electron chi connectivity index (χ2n) is 15.0. The lowest BCUT2D eigenvalue weighted by atomic mass is 9.43. The number of benzene rings is 1. The quantitative estimate of drug-likeness (QED) is 0.530. The van der Waals surface area contributed by atoms with Gasteiger partial charge in [0.2, 0.25) is 11.8 Å². The first-order chi connectivity index (χ1) is 20.3. The Morgan fingerprint density at radius 1 is 0.860 bits per heavy atom. The van der Waals surface area contributed by atoms with E-state index in [0.717, 1.165) is 25.7 Å². The van der Waals surface area contributed by atoms with Gasteiger partial charge < -0.3 is 25.3 Å². The Kier molecular flexibility index (Phi) is 7.70. The predicted octanol–water partition coefficient (Wildman–Crippen LogP) is 4.63. The molecule has 4 aliphatic carbocycles. The van der Waals surface area contributed by atoms with Crippen LogP contribution in [0, 0.1) is 28.5 Å². The fraction of sp³-hybridized carbons (Fsp3) is 0.697. The molecule has 6 aliphatic rings. The molecule has 0 radical (unpaired) electrons. The highest BCUT2D eigenvalue weighted by Crippen LogP contribution is 2.66. The molecule has 10 heteroatoms. The Morgan fingerprint density at radius 3 is 2.21 bits per heavy atom. The molecule has 1 aromatic carbocycles. The summed E-state index contributed by atoms with van der Waals surface area (Å²) < 4.78 is 15.2. The summed E-state index contributed by atoms with van der Waals surface area (Å²) in [5.41, 5.74) is 0.489. The van der Waals surface area contributed by atoms with Gasteiger partial charge >= 0.3 is 6.03 Å². The maximum Gasteiger partial charge on any atom is 0.319 e. The Morgan fingerprint density at radius 2 is 1.53 bits per heavy atom. The highest BCUT2D eigenvalue weighted by Gasteiger charge is 2.60. The Hall–Kier alpha value is -3.17. The average molecular weight is 596 g/mol. The van der Waals surface area contributed by atoms with E-state index in [9.17, 15) is 19.2 Å². The fourth-order valence-corrected chi connectivity index (χ4v) is 9.99. The number of halogens is 1. The van der Waals surface area contributed by atoms with Crippen LogP contribution in [0.2, 0.25) is 0 Å². The van der Waals surface area contributed by atoms with E-state index >= 15 is 4.39 Å².